The number of pyridine rings is 1. The first-order valence-electron chi connectivity index (χ1n) is 13.5. The fourth-order valence-corrected chi connectivity index (χ4v) is 6.43. The first kappa shape index (κ1) is 28.6. The highest BCUT2D eigenvalue weighted by molar-refractivity contribution is 6.76. The number of ether oxygens (including phenoxy) is 1. The molecule has 3 aliphatic rings. The third-order valence-corrected chi connectivity index (χ3v) is 9.40. The lowest BCUT2D eigenvalue weighted by molar-refractivity contribution is -0.141. The van der Waals surface area contributed by atoms with Crippen molar-refractivity contribution in [3.63, 3.8) is 0 Å². The molecule has 2 aliphatic heterocycles. The van der Waals surface area contributed by atoms with Gasteiger partial charge in [0.15, 0.2) is 0 Å². The van der Waals surface area contributed by atoms with Gasteiger partial charge in [-0.25, -0.2) is 4.98 Å². The topological polar surface area (TPSA) is 84.7 Å². The second kappa shape index (κ2) is 11.8. The summed E-state index contributed by atoms with van der Waals surface area (Å²) in [5.74, 6) is 0.597. The SMILES string of the molecule is C[Si](C)(C)CCOCN1CCc2c1ncc1c2N([C@H]2CC[C@H](CNCC#N)CC2)CN(CC(F)(F)F)C1=O. The number of amides is 1. The van der Waals surface area contributed by atoms with Crippen LogP contribution in [0.25, 0.3) is 0 Å². The van der Waals surface area contributed by atoms with E-state index in [2.05, 4.69) is 40.9 Å². The van der Waals surface area contributed by atoms with Crippen molar-refractivity contribution >= 4 is 25.5 Å². The molecule has 0 bridgehead atoms. The lowest BCUT2D eigenvalue weighted by Gasteiger charge is -2.45. The van der Waals surface area contributed by atoms with Crippen molar-refractivity contribution in [2.45, 2.75) is 70.0 Å². The second-order valence-corrected chi connectivity index (χ2v) is 17.5. The maximum atomic E-state index is 13.4. The lowest BCUT2D eigenvalue weighted by atomic mass is 9.84. The van der Waals surface area contributed by atoms with Crippen molar-refractivity contribution in [1.82, 2.24) is 15.2 Å². The van der Waals surface area contributed by atoms with Gasteiger partial charge >= 0.3 is 6.18 Å². The summed E-state index contributed by atoms with van der Waals surface area (Å²) in [7, 11) is -1.21. The molecule has 1 saturated carbocycles. The zero-order valence-electron chi connectivity index (χ0n) is 22.6. The van der Waals surface area contributed by atoms with Gasteiger partial charge in [0.05, 0.1) is 30.5 Å². The highest BCUT2D eigenvalue weighted by Crippen LogP contribution is 2.42. The number of alkyl halides is 3. The first-order valence-corrected chi connectivity index (χ1v) is 17.2. The molecule has 0 atom stereocenters. The normalized spacial score (nSPS) is 21.9. The zero-order chi connectivity index (χ0) is 27.5. The van der Waals surface area contributed by atoms with E-state index in [9.17, 15) is 18.0 Å². The van der Waals surface area contributed by atoms with Gasteiger partial charge in [0.2, 0.25) is 0 Å². The van der Waals surface area contributed by atoms with Crippen molar-refractivity contribution in [1.29, 1.82) is 5.26 Å². The number of halogens is 3. The molecule has 1 amide bonds. The summed E-state index contributed by atoms with van der Waals surface area (Å²) in [6, 6.07) is 3.20. The third kappa shape index (κ3) is 6.98. The number of carbonyl (C=O) groups excluding carboxylic acids is 1. The molecule has 1 aromatic heterocycles. The number of hydrogen-bond donors (Lipinski definition) is 1. The highest BCUT2D eigenvalue weighted by Gasteiger charge is 2.42. The minimum absolute atomic E-state index is 0.0401. The zero-order valence-corrected chi connectivity index (χ0v) is 23.6. The fourth-order valence-electron chi connectivity index (χ4n) is 5.67. The number of nitriles is 1. The summed E-state index contributed by atoms with van der Waals surface area (Å²) in [6.45, 7) is 8.45. The van der Waals surface area contributed by atoms with Gasteiger partial charge in [-0.3, -0.25) is 4.79 Å². The summed E-state index contributed by atoms with van der Waals surface area (Å²) in [4.78, 5) is 22.8. The average Bonchev–Trinajstić information content (AvgIpc) is 3.26. The van der Waals surface area contributed by atoms with Crippen molar-refractivity contribution in [2.24, 2.45) is 5.92 Å². The van der Waals surface area contributed by atoms with E-state index < -0.39 is 26.7 Å². The molecule has 0 spiro atoms. The van der Waals surface area contributed by atoms with Gasteiger partial charge in [-0.2, -0.15) is 18.4 Å². The van der Waals surface area contributed by atoms with E-state index in [1.165, 1.54) is 6.20 Å². The van der Waals surface area contributed by atoms with Gasteiger partial charge < -0.3 is 24.8 Å². The molecule has 1 aromatic rings. The van der Waals surface area contributed by atoms with Crippen LogP contribution in [0.5, 0.6) is 0 Å². The van der Waals surface area contributed by atoms with Crippen LogP contribution in [0, 0.1) is 17.2 Å². The van der Waals surface area contributed by atoms with E-state index in [1.54, 1.807) is 0 Å². The molecule has 12 heteroatoms. The van der Waals surface area contributed by atoms with E-state index in [-0.39, 0.29) is 18.3 Å². The van der Waals surface area contributed by atoms with E-state index in [0.717, 1.165) is 60.2 Å². The Labute approximate surface area is 224 Å². The van der Waals surface area contributed by atoms with Crippen LogP contribution < -0.4 is 15.1 Å². The van der Waals surface area contributed by atoms with Crippen LogP contribution in [0.15, 0.2) is 6.20 Å². The van der Waals surface area contributed by atoms with Crippen molar-refractivity contribution in [3.8, 4) is 6.07 Å². The van der Waals surface area contributed by atoms with E-state index >= 15 is 0 Å². The Hall–Kier alpha value is -2.36. The molecular formula is C26H39F3N6O2Si. The van der Waals surface area contributed by atoms with Crippen LogP contribution in [0.4, 0.5) is 24.7 Å². The molecule has 0 radical (unpaired) electrons. The molecule has 8 nitrogen and oxygen atoms in total. The van der Waals surface area contributed by atoms with Gasteiger partial charge in [0.25, 0.3) is 5.91 Å². The number of nitrogens with one attached hydrogen (secondary N) is 1. The quantitative estimate of drug-likeness (QED) is 0.264. The summed E-state index contributed by atoms with van der Waals surface area (Å²) in [5.41, 5.74) is 1.96. The molecule has 4 rings (SSSR count). The number of rotatable bonds is 10. The Morgan fingerprint density at radius 2 is 1.95 bits per heavy atom. The van der Waals surface area contributed by atoms with Crippen LogP contribution in [-0.4, -0.2) is 82.3 Å². The van der Waals surface area contributed by atoms with Crippen LogP contribution in [0.3, 0.4) is 0 Å². The van der Waals surface area contributed by atoms with Crippen molar-refractivity contribution in [3.05, 3.63) is 17.3 Å². The molecule has 1 fully saturated rings. The Morgan fingerprint density at radius 1 is 1.21 bits per heavy atom. The maximum absolute atomic E-state index is 13.4. The molecule has 0 aromatic carbocycles. The Kier molecular flexibility index (Phi) is 8.89. The van der Waals surface area contributed by atoms with E-state index in [0.29, 0.717) is 38.8 Å². The molecule has 210 valence electrons. The van der Waals surface area contributed by atoms with E-state index in [4.69, 9.17) is 10.00 Å². The second-order valence-electron chi connectivity index (χ2n) is 11.9. The number of nitrogens with zero attached hydrogens (tertiary/aromatic N) is 5. The number of aromatic nitrogens is 1. The molecule has 3 heterocycles. The predicted octanol–water partition coefficient (Wildman–Crippen LogP) is 4.21. The largest absolute Gasteiger partial charge is 0.406 e. The van der Waals surface area contributed by atoms with Crippen LogP contribution in [0.1, 0.15) is 41.6 Å². The molecule has 0 saturated heterocycles. The number of carbonyl (C=O) groups is 1. The maximum Gasteiger partial charge on any atom is 0.406 e. The van der Waals surface area contributed by atoms with Crippen LogP contribution in [-0.2, 0) is 11.2 Å². The molecule has 0 unspecified atom stereocenters. The fraction of sp³-hybridized carbons (Fsp3) is 0.731. The minimum Gasteiger partial charge on any atom is -0.361 e. The molecule has 1 N–H and O–H groups in total. The number of fused-ring (bicyclic) bond motifs is 3. The summed E-state index contributed by atoms with van der Waals surface area (Å²) < 4.78 is 46.1. The van der Waals surface area contributed by atoms with Crippen molar-refractivity contribution in [2.75, 3.05) is 56.0 Å². The van der Waals surface area contributed by atoms with Crippen molar-refractivity contribution < 1.29 is 22.7 Å². The number of anilines is 2. The van der Waals surface area contributed by atoms with Crippen LogP contribution in [0.2, 0.25) is 25.7 Å². The molecular weight excluding hydrogens is 513 g/mol. The van der Waals surface area contributed by atoms with Gasteiger partial charge in [-0.15, -0.1) is 0 Å². The standard InChI is InChI=1S/C26H39F3N6O2Si/c1-38(2,3)13-12-37-18-33-11-8-21-23-22(15-32-24(21)33)25(36)34(16-26(27,28)29)17-35(23)20-6-4-19(5-7-20)14-31-10-9-30/h15,19-20,31H,4-8,10-14,16-18H2,1-3H3/t19-,20-. The Balaban J connectivity index is 1.55. The van der Waals surface area contributed by atoms with Gasteiger partial charge in [0, 0.05) is 39.0 Å². The average molecular weight is 553 g/mol. The third-order valence-electron chi connectivity index (χ3n) is 7.69. The Bertz CT molecular complexity index is 1030. The monoisotopic (exact) mass is 552 g/mol. The summed E-state index contributed by atoms with van der Waals surface area (Å²) in [5, 5.41) is 11.9. The van der Waals surface area contributed by atoms with Gasteiger partial charge in [0.1, 0.15) is 19.1 Å². The molecule has 1 aliphatic carbocycles. The first-order chi connectivity index (χ1) is 18.0. The van der Waals surface area contributed by atoms with Crippen LogP contribution >= 0.6 is 0 Å². The lowest BCUT2D eigenvalue weighted by Crippen LogP contribution is -2.54. The minimum atomic E-state index is -4.48. The Morgan fingerprint density at radius 3 is 2.61 bits per heavy atom. The van der Waals surface area contributed by atoms with E-state index in [1.807, 2.05) is 4.90 Å². The summed E-state index contributed by atoms with van der Waals surface area (Å²) >= 11 is 0. The van der Waals surface area contributed by atoms with Gasteiger partial charge in [-0.05, 0) is 50.6 Å². The predicted molar refractivity (Wildman–Crippen MR) is 143 cm³/mol. The highest BCUT2D eigenvalue weighted by atomic mass is 28.3. The van der Waals surface area contributed by atoms with Gasteiger partial charge in [-0.1, -0.05) is 19.6 Å². The number of hydrogen-bond acceptors (Lipinski definition) is 7. The smallest absolute Gasteiger partial charge is 0.361 e. The summed E-state index contributed by atoms with van der Waals surface area (Å²) in [6.07, 6.45) is 1.17. The molecule has 38 heavy (non-hydrogen) atoms.